The Hall–Kier alpha value is -2.90. The molecule has 8 heteroatoms. The number of nitrogens with zero attached hydrogens (tertiary/aromatic N) is 2. The van der Waals surface area contributed by atoms with Gasteiger partial charge in [0.15, 0.2) is 0 Å². The number of hydrogen-bond acceptors (Lipinski definition) is 4. The molecule has 1 unspecified atom stereocenters. The molecular formula is C25H31N3O5. The van der Waals surface area contributed by atoms with Crippen LogP contribution in [-0.2, 0) is 22.7 Å². The van der Waals surface area contributed by atoms with Crippen molar-refractivity contribution in [1.29, 1.82) is 0 Å². The minimum absolute atomic E-state index is 0.0980. The molecule has 3 aliphatic carbocycles. The van der Waals surface area contributed by atoms with Crippen LogP contribution in [0.5, 0.6) is 0 Å². The van der Waals surface area contributed by atoms with Crippen molar-refractivity contribution in [2.24, 2.45) is 16.2 Å². The highest BCUT2D eigenvalue weighted by Crippen LogP contribution is 2.79. The van der Waals surface area contributed by atoms with E-state index in [0.29, 0.717) is 30.5 Å². The summed E-state index contributed by atoms with van der Waals surface area (Å²) in [6, 6.07) is 4.83. The number of carbonyl (C=O) groups excluding carboxylic acids is 3. The fourth-order valence-electron chi connectivity index (χ4n) is 6.48. The van der Waals surface area contributed by atoms with Crippen molar-refractivity contribution in [3.63, 3.8) is 0 Å². The summed E-state index contributed by atoms with van der Waals surface area (Å²) in [6.07, 6.45) is 2.84. The molecule has 1 aromatic carbocycles. The van der Waals surface area contributed by atoms with Crippen LogP contribution < -0.4 is 5.32 Å². The lowest BCUT2D eigenvalue weighted by molar-refractivity contribution is -0.263. The van der Waals surface area contributed by atoms with E-state index in [2.05, 4.69) is 26.1 Å². The van der Waals surface area contributed by atoms with Gasteiger partial charge < -0.3 is 14.9 Å². The maximum atomic E-state index is 13.0. The van der Waals surface area contributed by atoms with Crippen molar-refractivity contribution in [2.45, 2.75) is 72.0 Å². The van der Waals surface area contributed by atoms with Crippen LogP contribution in [0.25, 0.3) is 0 Å². The Morgan fingerprint density at radius 3 is 2.52 bits per heavy atom. The van der Waals surface area contributed by atoms with E-state index in [0.717, 1.165) is 30.4 Å². The first-order valence-corrected chi connectivity index (χ1v) is 11.7. The molecule has 2 N–H and O–H groups in total. The second kappa shape index (κ2) is 7.05. The van der Waals surface area contributed by atoms with E-state index in [1.54, 1.807) is 6.07 Å². The zero-order valence-corrected chi connectivity index (χ0v) is 19.4. The Bertz CT molecular complexity index is 1050. The molecule has 0 spiro atoms. The number of carbonyl (C=O) groups is 4. The molecule has 176 valence electrons. The molecule has 4 amide bonds. The smallest absolute Gasteiger partial charge is 0.407 e. The Morgan fingerprint density at radius 1 is 1.21 bits per heavy atom. The highest BCUT2D eigenvalue weighted by atomic mass is 16.4. The van der Waals surface area contributed by atoms with Gasteiger partial charge in [0.1, 0.15) is 6.04 Å². The number of imide groups is 1. The molecule has 1 aromatic rings. The summed E-state index contributed by atoms with van der Waals surface area (Å²) in [5.74, 6) is -0.986. The predicted octanol–water partition coefficient (Wildman–Crippen LogP) is 3.14. The summed E-state index contributed by atoms with van der Waals surface area (Å²) in [5, 5.41) is 12.2. The van der Waals surface area contributed by atoms with E-state index >= 15 is 0 Å². The highest BCUT2D eigenvalue weighted by Gasteiger charge is 2.71. The second-order valence-electron chi connectivity index (χ2n) is 11.6. The van der Waals surface area contributed by atoms with Crippen molar-refractivity contribution in [1.82, 2.24) is 15.1 Å². The van der Waals surface area contributed by atoms with Crippen LogP contribution in [0.4, 0.5) is 4.79 Å². The molecule has 0 aromatic heterocycles. The third kappa shape index (κ3) is 3.42. The third-order valence-electron chi connectivity index (χ3n) is 8.49. The Kier molecular flexibility index (Phi) is 4.68. The van der Waals surface area contributed by atoms with Gasteiger partial charge in [0.2, 0.25) is 11.8 Å². The van der Waals surface area contributed by atoms with Gasteiger partial charge in [0.25, 0.3) is 5.91 Å². The van der Waals surface area contributed by atoms with Crippen molar-refractivity contribution in [3.05, 3.63) is 34.9 Å². The second-order valence-corrected chi connectivity index (χ2v) is 11.6. The lowest BCUT2D eigenvalue weighted by atomic mass is 9.29. The normalized spacial score (nSPS) is 30.3. The average molecular weight is 454 g/mol. The van der Waals surface area contributed by atoms with Gasteiger partial charge in [-0.25, -0.2) is 4.79 Å². The van der Waals surface area contributed by atoms with Crippen molar-refractivity contribution >= 4 is 23.8 Å². The van der Waals surface area contributed by atoms with E-state index in [-0.39, 0.29) is 35.6 Å². The number of amides is 4. The molecule has 4 fully saturated rings. The SMILES string of the molecule is CC(C)(C)C12CC(CN(Cc3ccc4c(c3)C(=O)N(C3CCC(=O)NC3=O)C4)C(=O)O)(C1)C2. The molecular weight excluding hydrogens is 422 g/mol. The van der Waals surface area contributed by atoms with Crippen molar-refractivity contribution < 1.29 is 24.3 Å². The molecule has 6 rings (SSSR count). The van der Waals surface area contributed by atoms with Crippen LogP contribution in [0.15, 0.2) is 18.2 Å². The lowest BCUT2D eigenvalue weighted by Crippen LogP contribution is -2.70. The molecule has 33 heavy (non-hydrogen) atoms. The van der Waals surface area contributed by atoms with Gasteiger partial charge in [-0.3, -0.25) is 19.7 Å². The van der Waals surface area contributed by atoms with Crippen LogP contribution >= 0.6 is 0 Å². The maximum absolute atomic E-state index is 13.0. The topological polar surface area (TPSA) is 107 Å². The molecule has 1 saturated heterocycles. The fraction of sp³-hybridized carbons (Fsp3) is 0.600. The summed E-state index contributed by atoms with van der Waals surface area (Å²) in [6.45, 7) is 7.88. The van der Waals surface area contributed by atoms with Crippen LogP contribution in [-0.4, -0.2) is 51.3 Å². The predicted molar refractivity (Wildman–Crippen MR) is 119 cm³/mol. The van der Waals surface area contributed by atoms with Gasteiger partial charge in [-0.2, -0.15) is 0 Å². The number of fused-ring (bicyclic) bond motifs is 1. The summed E-state index contributed by atoms with van der Waals surface area (Å²) >= 11 is 0. The van der Waals surface area contributed by atoms with E-state index in [4.69, 9.17) is 0 Å². The molecule has 2 bridgehead atoms. The van der Waals surface area contributed by atoms with Crippen LogP contribution in [0.1, 0.15) is 74.4 Å². The molecule has 8 nitrogen and oxygen atoms in total. The van der Waals surface area contributed by atoms with Gasteiger partial charge in [-0.1, -0.05) is 32.9 Å². The summed E-state index contributed by atoms with van der Waals surface area (Å²) in [4.78, 5) is 51.7. The fourth-order valence-corrected chi connectivity index (χ4v) is 6.48. The Labute approximate surface area is 193 Å². The number of piperidine rings is 1. The van der Waals surface area contributed by atoms with Crippen LogP contribution in [0.2, 0.25) is 0 Å². The van der Waals surface area contributed by atoms with Gasteiger partial charge >= 0.3 is 6.09 Å². The highest BCUT2D eigenvalue weighted by molar-refractivity contribution is 6.05. The molecule has 5 aliphatic rings. The average Bonchev–Trinajstić information content (AvgIpc) is 2.97. The summed E-state index contributed by atoms with van der Waals surface area (Å²) in [7, 11) is 0. The van der Waals surface area contributed by atoms with Crippen LogP contribution in [0.3, 0.4) is 0 Å². The van der Waals surface area contributed by atoms with E-state index in [1.165, 1.54) is 9.80 Å². The zero-order chi connectivity index (χ0) is 23.8. The Balaban J connectivity index is 1.27. The van der Waals surface area contributed by atoms with Gasteiger partial charge in [0.05, 0.1) is 0 Å². The van der Waals surface area contributed by atoms with E-state index in [1.807, 2.05) is 12.1 Å². The van der Waals surface area contributed by atoms with Crippen molar-refractivity contribution in [2.75, 3.05) is 6.54 Å². The first kappa shape index (κ1) is 21.9. The molecule has 0 radical (unpaired) electrons. The summed E-state index contributed by atoms with van der Waals surface area (Å²) in [5.41, 5.74) is 2.81. The quantitative estimate of drug-likeness (QED) is 0.666. The number of benzene rings is 1. The number of hydrogen-bond donors (Lipinski definition) is 2. The van der Waals surface area contributed by atoms with E-state index < -0.39 is 18.0 Å². The van der Waals surface area contributed by atoms with Gasteiger partial charge in [-0.15, -0.1) is 0 Å². The standard InChI is InChI=1S/C25H31N3O5/c1-23(2,3)25-11-24(12-25,13-25)14-27(22(32)33)9-15-4-5-16-10-28(21(31)17(16)8-15)18-6-7-19(29)26-20(18)30/h4-5,8,18H,6-7,9-14H2,1-3H3,(H,32,33)(H,26,29,30). The van der Waals surface area contributed by atoms with Crippen molar-refractivity contribution in [3.8, 4) is 0 Å². The molecule has 2 heterocycles. The largest absolute Gasteiger partial charge is 0.465 e. The molecule has 3 saturated carbocycles. The van der Waals surface area contributed by atoms with E-state index in [9.17, 15) is 24.3 Å². The Morgan fingerprint density at radius 2 is 1.91 bits per heavy atom. The van der Waals surface area contributed by atoms with Crippen LogP contribution in [0, 0.1) is 16.2 Å². The number of nitrogens with one attached hydrogen (secondary N) is 1. The monoisotopic (exact) mass is 453 g/mol. The minimum Gasteiger partial charge on any atom is -0.465 e. The third-order valence-corrected chi connectivity index (χ3v) is 8.49. The molecule has 2 aliphatic heterocycles. The summed E-state index contributed by atoms with van der Waals surface area (Å²) < 4.78 is 0. The minimum atomic E-state index is -0.943. The van der Waals surface area contributed by atoms with Gasteiger partial charge in [0, 0.05) is 31.6 Å². The maximum Gasteiger partial charge on any atom is 0.407 e. The first-order valence-electron chi connectivity index (χ1n) is 11.7. The number of rotatable bonds is 5. The number of carboxylic acid groups (broad SMARTS) is 1. The lowest BCUT2D eigenvalue weighted by Gasteiger charge is -2.76. The first-order chi connectivity index (χ1) is 15.4. The zero-order valence-electron chi connectivity index (χ0n) is 19.4. The molecule has 1 atom stereocenters. The van der Waals surface area contributed by atoms with Gasteiger partial charge in [-0.05, 0) is 59.1 Å².